The van der Waals surface area contributed by atoms with Crippen LogP contribution in [0.4, 0.5) is 5.69 Å². The van der Waals surface area contributed by atoms with E-state index in [4.69, 9.17) is 11.6 Å². The van der Waals surface area contributed by atoms with Crippen molar-refractivity contribution < 1.29 is 0 Å². The second kappa shape index (κ2) is 5.06. The third-order valence-corrected chi connectivity index (χ3v) is 3.64. The maximum absolute atomic E-state index is 6.03. The monoisotopic (exact) mass is 264 g/mol. The van der Waals surface area contributed by atoms with E-state index in [0.717, 1.165) is 50.3 Å². The molecule has 2 aliphatic heterocycles. The summed E-state index contributed by atoms with van der Waals surface area (Å²) in [5.41, 5.74) is 1.21. The topological polar surface area (TPSA) is 30.9 Å². The maximum Gasteiger partial charge on any atom is 0.194 e. The fourth-order valence-electron chi connectivity index (χ4n) is 2.45. The summed E-state index contributed by atoms with van der Waals surface area (Å²) in [6.45, 7) is 5.94. The van der Waals surface area contributed by atoms with Crippen molar-refractivity contribution >= 4 is 23.2 Å². The average Bonchev–Trinajstić information content (AvgIpc) is 2.93. The third-order valence-electron chi connectivity index (χ3n) is 3.41. The first kappa shape index (κ1) is 11.7. The summed E-state index contributed by atoms with van der Waals surface area (Å²) >= 11 is 6.03. The Kier molecular flexibility index (Phi) is 3.28. The molecule has 0 aromatic heterocycles. The molecule has 0 bridgehead atoms. The van der Waals surface area contributed by atoms with Crippen molar-refractivity contribution in [3.8, 4) is 0 Å². The first-order chi connectivity index (χ1) is 8.83. The van der Waals surface area contributed by atoms with Crippen molar-refractivity contribution in [2.45, 2.75) is 0 Å². The predicted molar refractivity (Wildman–Crippen MR) is 75.5 cm³/mol. The van der Waals surface area contributed by atoms with E-state index in [0.29, 0.717) is 0 Å². The minimum absolute atomic E-state index is 0.803. The van der Waals surface area contributed by atoms with Gasteiger partial charge in [-0.3, -0.25) is 4.99 Å². The lowest BCUT2D eigenvalue weighted by molar-refractivity contribution is 0.377. The van der Waals surface area contributed by atoms with E-state index in [2.05, 4.69) is 26.2 Å². The number of hydrogen-bond donors (Lipinski definition) is 1. The van der Waals surface area contributed by atoms with Gasteiger partial charge in [0.05, 0.1) is 6.54 Å². The number of nitrogens with zero attached hydrogens (tertiary/aromatic N) is 3. The van der Waals surface area contributed by atoms with Gasteiger partial charge in [-0.15, -0.1) is 0 Å². The van der Waals surface area contributed by atoms with Crippen LogP contribution in [-0.2, 0) is 0 Å². The second-order valence-electron chi connectivity index (χ2n) is 4.59. The van der Waals surface area contributed by atoms with E-state index in [9.17, 15) is 0 Å². The molecule has 4 nitrogen and oxygen atoms in total. The Morgan fingerprint density at radius 2 is 1.89 bits per heavy atom. The predicted octanol–water partition coefficient (Wildman–Crippen LogP) is 1.42. The number of guanidine groups is 1. The van der Waals surface area contributed by atoms with Crippen molar-refractivity contribution in [1.82, 2.24) is 10.2 Å². The molecular formula is C13H17ClN4. The summed E-state index contributed by atoms with van der Waals surface area (Å²) in [7, 11) is 0. The molecule has 5 heteroatoms. The lowest BCUT2D eigenvalue weighted by Gasteiger charge is -2.37. The van der Waals surface area contributed by atoms with Gasteiger partial charge >= 0.3 is 0 Å². The van der Waals surface area contributed by atoms with Crippen molar-refractivity contribution in [3.05, 3.63) is 29.3 Å². The molecule has 0 radical (unpaired) electrons. The summed E-state index contributed by atoms with van der Waals surface area (Å²) in [5.74, 6) is 1.07. The average molecular weight is 265 g/mol. The highest BCUT2D eigenvalue weighted by atomic mass is 35.5. The first-order valence-corrected chi connectivity index (χ1v) is 6.74. The molecule has 0 unspecified atom stereocenters. The lowest BCUT2D eigenvalue weighted by atomic mass is 10.2. The molecule has 2 aliphatic rings. The van der Waals surface area contributed by atoms with Gasteiger partial charge in [-0.1, -0.05) is 17.7 Å². The molecule has 1 N–H and O–H groups in total. The summed E-state index contributed by atoms with van der Waals surface area (Å²) < 4.78 is 0. The van der Waals surface area contributed by atoms with Crippen LogP contribution in [0, 0.1) is 0 Å². The SMILES string of the molecule is Clc1cccc(N2CCN(C3=NCCN3)CC2)c1. The Morgan fingerprint density at radius 3 is 2.56 bits per heavy atom. The number of piperazine rings is 1. The summed E-state index contributed by atoms with van der Waals surface area (Å²) in [6.07, 6.45) is 0. The standard InChI is InChI=1S/C13H17ClN4/c14-11-2-1-3-12(10-11)17-6-8-18(9-7-17)13-15-4-5-16-13/h1-3,10H,4-9H2,(H,15,16). The third kappa shape index (κ3) is 2.38. The Labute approximate surface area is 112 Å². The van der Waals surface area contributed by atoms with Crippen molar-refractivity contribution in [3.63, 3.8) is 0 Å². The zero-order chi connectivity index (χ0) is 12.4. The molecule has 1 saturated heterocycles. The molecule has 3 rings (SSSR count). The molecule has 0 saturated carbocycles. The zero-order valence-electron chi connectivity index (χ0n) is 10.3. The summed E-state index contributed by atoms with van der Waals surface area (Å²) in [4.78, 5) is 9.16. The van der Waals surface area contributed by atoms with Gasteiger partial charge in [0.15, 0.2) is 5.96 Å². The van der Waals surface area contributed by atoms with Gasteiger partial charge in [0.1, 0.15) is 0 Å². The Balaban J connectivity index is 1.63. The van der Waals surface area contributed by atoms with E-state index in [1.165, 1.54) is 5.69 Å². The van der Waals surface area contributed by atoms with Crippen LogP contribution in [0.5, 0.6) is 0 Å². The van der Waals surface area contributed by atoms with Gasteiger partial charge in [0, 0.05) is 43.4 Å². The van der Waals surface area contributed by atoms with E-state index in [1.54, 1.807) is 0 Å². The first-order valence-electron chi connectivity index (χ1n) is 6.37. The summed E-state index contributed by atoms with van der Waals surface area (Å²) in [5, 5.41) is 4.13. The van der Waals surface area contributed by atoms with Crippen LogP contribution in [0.15, 0.2) is 29.3 Å². The van der Waals surface area contributed by atoms with E-state index in [1.807, 2.05) is 18.2 Å². The van der Waals surface area contributed by atoms with E-state index in [-0.39, 0.29) is 0 Å². The Morgan fingerprint density at radius 1 is 1.11 bits per heavy atom. The van der Waals surface area contributed by atoms with Crippen LogP contribution in [0.2, 0.25) is 5.02 Å². The van der Waals surface area contributed by atoms with Crippen LogP contribution in [-0.4, -0.2) is 50.1 Å². The van der Waals surface area contributed by atoms with Gasteiger partial charge < -0.3 is 15.1 Å². The maximum atomic E-state index is 6.03. The van der Waals surface area contributed by atoms with Gasteiger partial charge in [-0.2, -0.15) is 0 Å². The van der Waals surface area contributed by atoms with Crippen LogP contribution in [0.25, 0.3) is 0 Å². The highest BCUT2D eigenvalue weighted by Crippen LogP contribution is 2.20. The van der Waals surface area contributed by atoms with Crippen LogP contribution < -0.4 is 10.2 Å². The minimum Gasteiger partial charge on any atom is -0.368 e. The highest BCUT2D eigenvalue weighted by molar-refractivity contribution is 6.30. The van der Waals surface area contributed by atoms with Crippen LogP contribution >= 0.6 is 11.6 Å². The molecular weight excluding hydrogens is 248 g/mol. The van der Waals surface area contributed by atoms with Gasteiger partial charge in [-0.05, 0) is 18.2 Å². The largest absolute Gasteiger partial charge is 0.368 e. The van der Waals surface area contributed by atoms with Gasteiger partial charge in [-0.25, -0.2) is 0 Å². The van der Waals surface area contributed by atoms with Gasteiger partial charge in [0.25, 0.3) is 0 Å². The smallest absolute Gasteiger partial charge is 0.194 e. The lowest BCUT2D eigenvalue weighted by Crippen LogP contribution is -2.51. The fourth-order valence-corrected chi connectivity index (χ4v) is 2.63. The molecule has 0 atom stereocenters. The van der Waals surface area contributed by atoms with E-state index < -0.39 is 0 Å². The Hall–Kier alpha value is -1.42. The molecule has 18 heavy (non-hydrogen) atoms. The zero-order valence-corrected chi connectivity index (χ0v) is 11.0. The molecule has 0 spiro atoms. The molecule has 0 amide bonds. The summed E-state index contributed by atoms with van der Waals surface area (Å²) in [6, 6.07) is 8.07. The molecule has 1 fully saturated rings. The number of hydrogen-bond acceptors (Lipinski definition) is 4. The molecule has 1 aromatic carbocycles. The number of rotatable bonds is 1. The van der Waals surface area contributed by atoms with Gasteiger partial charge in [0.2, 0.25) is 0 Å². The van der Waals surface area contributed by atoms with E-state index >= 15 is 0 Å². The van der Waals surface area contributed by atoms with Crippen molar-refractivity contribution in [1.29, 1.82) is 0 Å². The van der Waals surface area contributed by atoms with Crippen molar-refractivity contribution in [2.24, 2.45) is 4.99 Å². The number of benzene rings is 1. The number of halogens is 1. The number of anilines is 1. The van der Waals surface area contributed by atoms with Crippen molar-refractivity contribution in [2.75, 3.05) is 44.2 Å². The minimum atomic E-state index is 0.803. The van der Waals surface area contributed by atoms with Crippen LogP contribution in [0.1, 0.15) is 0 Å². The highest BCUT2D eigenvalue weighted by Gasteiger charge is 2.21. The quantitative estimate of drug-likeness (QED) is 0.832. The second-order valence-corrected chi connectivity index (χ2v) is 5.02. The molecule has 2 heterocycles. The molecule has 0 aliphatic carbocycles. The molecule has 96 valence electrons. The Bertz CT molecular complexity index is 452. The molecule has 1 aromatic rings. The van der Waals surface area contributed by atoms with Crippen LogP contribution in [0.3, 0.4) is 0 Å². The normalized spacial score (nSPS) is 19.7. The number of nitrogens with one attached hydrogen (secondary N) is 1. The fraction of sp³-hybridized carbons (Fsp3) is 0.462. The number of aliphatic imine (C=N–C) groups is 1.